The normalized spacial score (nSPS) is 25.2. The summed E-state index contributed by atoms with van der Waals surface area (Å²) >= 11 is 0. The average Bonchev–Trinajstić information content (AvgIpc) is 2.29. The zero-order valence-corrected chi connectivity index (χ0v) is 10.7. The van der Waals surface area contributed by atoms with Crippen molar-refractivity contribution >= 4 is 0 Å². The first-order valence-electron chi connectivity index (χ1n) is 6.26. The molecule has 2 unspecified atom stereocenters. The minimum Gasteiger partial charge on any atom is -0.380 e. The topological polar surface area (TPSA) is 38.5 Å². The zero-order valence-electron chi connectivity index (χ0n) is 10.7. The Balaban J connectivity index is 1.98. The van der Waals surface area contributed by atoms with Gasteiger partial charge in [0, 0.05) is 25.2 Å². The van der Waals surface area contributed by atoms with E-state index < -0.39 is 0 Å². The van der Waals surface area contributed by atoms with Gasteiger partial charge in [-0.1, -0.05) is 29.8 Å². The number of nitrogens with two attached hydrogens (primary N) is 1. The van der Waals surface area contributed by atoms with Gasteiger partial charge in [0.05, 0.1) is 6.61 Å². The Morgan fingerprint density at radius 2 is 2.29 bits per heavy atom. The molecule has 0 saturated carbocycles. The first-order valence-corrected chi connectivity index (χ1v) is 6.26. The maximum absolute atomic E-state index is 6.14. The lowest BCUT2D eigenvalue weighted by atomic mass is 10.0. The Morgan fingerprint density at radius 3 is 3.00 bits per heavy atom. The summed E-state index contributed by atoms with van der Waals surface area (Å²) in [6, 6.07) is 9.20. The molecule has 1 aromatic carbocycles. The maximum Gasteiger partial charge on any atom is 0.0636 e. The summed E-state index contributed by atoms with van der Waals surface area (Å²) in [5.41, 5.74) is 8.79. The van der Waals surface area contributed by atoms with E-state index in [9.17, 15) is 0 Å². The molecule has 2 N–H and O–H groups in total. The van der Waals surface area contributed by atoms with Gasteiger partial charge in [-0.25, -0.2) is 0 Å². The van der Waals surface area contributed by atoms with Gasteiger partial charge in [0.2, 0.25) is 0 Å². The Bertz CT molecular complexity index is 367. The number of hydrogen-bond donors (Lipinski definition) is 1. The highest BCUT2D eigenvalue weighted by Crippen LogP contribution is 2.14. The Kier molecular flexibility index (Phi) is 4.15. The van der Waals surface area contributed by atoms with Crippen LogP contribution in [0.25, 0.3) is 0 Å². The van der Waals surface area contributed by atoms with Crippen molar-refractivity contribution in [1.82, 2.24) is 4.90 Å². The van der Waals surface area contributed by atoms with Crippen molar-refractivity contribution in [3.05, 3.63) is 35.4 Å². The minimum absolute atomic E-state index is 0.235. The van der Waals surface area contributed by atoms with Gasteiger partial charge in [0.15, 0.2) is 0 Å². The lowest BCUT2D eigenvalue weighted by Crippen LogP contribution is -2.51. The van der Waals surface area contributed by atoms with Crippen LogP contribution in [0.15, 0.2) is 24.3 Å². The SMILES string of the molecule is Cc1cccc(CN(C)C2COCCC2N)c1. The number of rotatable bonds is 3. The van der Waals surface area contributed by atoms with Gasteiger partial charge >= 0.3 is 0 Å². The van der Waals surface area contributed by atoms with Crippen LogP contribution in [0.2, 0.25) is 0 Å². The van der Waals surface area contributed by atoms with Crippen molar-refractivity contribution in [2.45, 2.75) is 32.0 Å². The fourth-order valence-electron chi connectivity index (χ4n) is 2.41. The molecule has 17 heavy (non-hydrogen) atoms. The molecule has 1 heterocycles. The van der Waals surface area contributed by atoms with Crippen LogP contribution in [0.1, 0.15) is 17.5 Å². The Labute approximate surface area is 104 Å². The van der Waals surface area contributed by atoms with Crippen molar-refractivity contribution in [1.29, 1.82) is 0 Å². The standard InChI is InChI=1S/C14H22N2O/c1-11-4-3-5-12(8-11)9-16(2)14-10-17-7-6-13(14)15/h3-5,8,13-14H,6-7,9-10,15H2,1-2H3. The van der Waals surface area contributed by atoms with Crippen molar-refractivity contribution in [2.75, 3.05) is 20.3 Å². The molecule has 1 aliphatic heterocycles. The summed E-state index contributed by atoms with van der Waals surface area (Å²) in [5, 5.41) is 0. The fourth-order valence-corrected chi connectivity index (χ4v) is 2.41. The zero-order chi connectivity index (χ0) is 12.3. The van der Waals surface area contributed by atoms with E-state index >= 15 is 0 Å². The lowest BCUT2D eigenvalue weighted by Gasteiger charge is -2.35. The van der Waals surface area contributed by atoms with Gasteiger partial charge in [-0.15, -0.1) is 0 Å². The number of ether oxygens (including phenoxy) is 1. The van der Waals surface area contributed by atoms with E-state index in [2.05, 4.69) is 43.1 Å². The molecular formula is C14H22N2O. The first-order chi connectivity index (χ1) is 8.16. The number of benzene rings is 1. The molecule has 0 aliphatic carbocycles. The molecular weight excluding hydrogens is 212 g/mol. The number of nitrogens with zero attached hydrogens (tertiary/aromatic N) is 1. The third-order valence-corrected chi connectivity index (χ3v) is 3.46. The second-order valence-electron chi connectivity index (χ2n) is 5.00. The molecule has 2 rings (SSSR count). The van der Waals surface area contributed by atoms with Crippen LogP contribution in [0.4, 0.5) is 0 Å². The lowest BCUT2D eigenvalue weighted by molar-refractivity contribution is 0.0127. The van der Waals surface area contributed by atoms with Crippen LogP contribution in [0.5, 0.6) is 0 Å². The van der Waals surface area contributed by atoms with Gasteiger partial charge in [-0.2, -0.15) is 0 Å². The summed E-state index contributed by atoms with van der Waals surface area (Å²) in [7, 11) is 2.13. The molecule has 1 aromatic rings. The minimum atomic E-state index is 0.235. The second kappa shape index (κ2) is 5.63. The van der Waals surface area contributed by atoms with Gasteiger partial charge in [0.25, 0.3) is 0 Å². The predicted molar refractivity (Wildman–Crippen MR) is 69.8 cm³/mol. The molecule has 0 spiro atoms. The smallest absolute Gasteiger partial charge is 0.0636 e. The van der Waals surface area contributed by atoms with E-state index in [1.165, 1.54) is 11.1 Å². The van der Waals surface area contributed by atoms with Crippen molar-refractivity contribution in [3.8, 4) is 0 Å². The molecule has 0 radical (unpaired) electrons. The van der Waals surface area contributed by atoms with Gasteiger partial charge in [-0.05, 0) is 26.0 Å². The highest BCUT2D eigenvalue weighted by atomic mass is 16.5. The molecule has 1 aliphatic rings. The summed E-state index contributed by atoms with van der Waals surface area (Å²) < 4.78 is 5.51. The molecule has 1 fully saturated rings. The molecule has 0 bridgehead atoms. The summed E-state index contributed by atoms with van der Waals surface area (Å²) in [6.07, 6.45) is 0.961. The van der Waals surface area contributed by atoms with Gasteiger partial charge in [-0.3, -0.25) is 4.90 Å². The fraction of sp³-hybridized carbons (Fsp3) is 0.571. The van der Waals surface area contributed by atoms with Crippen LogP contribution in [-0.4, -0.2) is 37.2 Å². The van der Waals surface area contributed by atoms with Gasteiger partial charge in [0.1, 0.15) is 0 Å². The molecule has 0 aromatic heterocycles. The molecule has 1 saturated heterocycles. The number of hydrogen-bond acceptors (Lipinski definition) is 3. The average molecular weight is 234 g/mol. The molecule has 3 nitrogen and oxygen atoms in total. The molecule has 2 atom stereocenters. The van der Waals surface area contributed by atoms with Crippen LogP contribution in [0.3, 0.4) is 0 Å². The van der Waals surface area contributed by atoms with Crippen LogP contribution < -0.4 is 5.73 Å². The molecule has 3 heteroatoms. The van der Waals surface area contributed by atoms with E-state index in [4.69, 9.17) is 10.5 Å². The first kappa shape index (κ1) is 12.6. The van der Waals surface area contributed by atoms with Crippen molar-refractivity contribution < 1.29 is 4.74 Å². The highest BCUT2D eigenvalue weighted by Gasteiger charge is 2.25. The van der Waals surface area contributed by atoms with Crippen molar-refractivity contribution in [3.63, 3.8) is 0 Å². The van der Waals surface area contributed by atoms with Crippen LogP contribution >= 0.6 is 0 Å². The van der Waals surface area contributed by atoms with Gasteiger partial charge < -0.3 is 10.5 Å². The summed E-state index contributed by atoms with van der Waals surface area (Å²) in [6.45, 7) is 4.61. The third-order valence-electron chi connectivity index (χ3n) is 3.46. The van der Waals surface area contributed by atoms with Crippen molar-refractivity contribution in [2.24, 2.45) is 5.73 Å². The van der Waals surface area contributed by atoms with E-state index in [0.717, 1.165) is 26.2 Å². The van der Waals surface area contributed by atoms with Crippen LogP contribution in [-0.2, 0) is 11.3 Å². The monoisotopic (exact) mass is 234 g/mol. The summed E-state index contributed by atoms with van der Waals surface area (Å²) in [5.74, 6) is 0. The number of aryl methyl sites for hydroxylation is 1. The Hall–Kier alpha value is -0.900. The van der Waals surface area contributed by atoms with E-state index in [1.807, 2.05) is 0 Å². The maximum atomic E-state index is 6.14. The number of likely N-dealkylation sites (N-methyl/N-ethyl adjacent to an activating group) is 1. The van der Waals surface area contributed by atoms with E-state index in [0.29, 0.717) is 6.04 Å². The predicted octanol–water partition coefficient (Wildman–Crippen LogP) is 1.54. The van der Waals surface area contributed by atoms with E-state index in [-0.39, 0.29) is 6.04 Å². The molecule has 94 valence electrons. The summed E-state index contributed by atoms with van der Waals surface area (Å²) in [4.78, 5) is 2.30. The highest BCUT2D eigenvalue weighted by molar-refractivity contribution is 5.22. The second-order valence-corrected chi connectivity index (χ2v) is 5.00. The largest absolute Gasteiger partial charge is 0.380 e. The quantitative estimate of drug-likeness (QED) is 0.862. The van der Waals surface area contributed by atoms with Crippen LogP contribution in [0, 0.1) is 6.92 Å². The van der Waals surface area contributed by atoms with E-state index in [1.54, 1.807) is 0 Å². The third kappa shape index (κ3) is 3.28. The molecule has 0 amide bonds. The Morgan fingerprint density at radius 1 is 1.47 bits per heavy atom.